The summed E-state index contributed by atoms with van der Waals surface area (Å²) in [6, 6.07) is 28.9. The van der Waals surface area contributed by atoms with Crippen LogP contribution < -0.4 is 15.8 Å². The summed E-state index contributed by atoms with van der Waals surface area (Å²) in [5.74, 6) is 1.97. The van der Waals surface area contributed by atoms with Gasteiger partial charge in [0, 0.05) is 31.7 Å². The predicted molar refractivity (Wildman–Crippen MR) is 152 cm³/mol. The lowest BCUT2D eigenvalue weighted by molar-refractivity contribution is 0.102. The Bertz CT molecular complexity index is 1520. The Morgan fingerprint density at radius 3 is 2.42 bits per heavy atom. The highest BCUT2D eigenvalue weighted by molar-refractivity contribution is 6.08. The first-order chi connectivity index (χ1) is 18.5. The number of anilines is 2. The third kappa shape index (κ3) is 4.71. The summed E-state index contributed by atoms with van der Waals surface area (Å²) in [6.07, 6.45) is 0. The molecule has 7 heteroatoms. The number of rotatable bonds is 3. The number of amidine groups is 1. The minimum absolute atomic E-state index is 0.261. The molecule has 2 aliphatic heterocycles. The van der Waals surface area contributed by atoms with Crippen LogP contribution >= 0.6 is 0 Å². The van der Waals surface area contributed by atoms with E-state index in [1.807, 2.05) is 72.8 Å². The van der Waals surface area contributed by atoms with Gasteiger partial charge < -0.3 is 25.6 Å². The zero-order valence-corrected chi connectivity index (χ0v) is 21.2. The smallest absolute Gasteiger partial charge is 0.255 e. The van der Waals surface area contributed by atoms with Crippen molar-refractivity contribution in [1.82, 2.24) is 9.80 Å². The lowest BCUT2D eigenvalue weighted by atomic mass is 10.0. The van der Waals surface area contributed by atoms with Gasteiger partial charge in [-0.3, -0.25) is 4.79 Å². The van der Waals surface area contributed by atoms with Gasteiger partial charge in [-0.1, -0.05) is 48.5 Å². The van der Waals surface area contributed by atoms with Crippen molar-refractivity contribution in [2.24, 2.45) is 4.99 Å². The molecular formula is C31H29N5O2. The highest BCUT2D eigenvalue weighted by Crippen LogP contribution is 2.39. The van der Waals surface area contributed by atoms with Crippen LogP contribution in [0.4, 0.5) is 17.1 Å². The van der Waals surface area contributed by atoms with Crippen LogP contribution in [0.15, 0.2) is 96.0 Å². The van der Waals surface area contributed by atoms with Gasteiger partial charge in [0.05, 0.1) is 16.9 Å². The fraction of sp³-hybridized carbons (Fsp3) is 0.161. The molecule has 0 aliphatic carbocycles. The first-order valence-electron chi connectivity index (χ1n) is 12.7. The Morgan fingerprint density at radius 2 is 1.61 bits per heavy atom. The van der Waals surface area contributed by atoms with Crippen LogP contribution in [0.1, 0.15) is 15.9 Å². The van der Waals surface area contributed by atoms with Gasteiger partial charge in [-0.2, -0.15) is 0 Å². The van der Waals surface area contributed by atoms with Crippen molar-refractivity contribution in [3.8, 4) is 22.6 Å². The van der Waals surface area contributed by atoms with Gasteiger partial charge >= 0.3 is 0 Å². The van der Waals surface area contributed by atoms with Crippen molar-refractivity contribution in [3.63, 3.8) is 0 Å². The van der Waals surface area contributed by atoms with Gasteiger partial charge in [-0.25, -0.2) is 4.99 Å². The molecule has 0 saturated carbocycles. The quantitative estimate of drug-likeness (QED) is 0.355. The zero-order valence-electron chi connectivity index (χ0n) is 21.2. The monoisotopic (exact) mass is 503 g/mol. The number of fused-ring (bicyclic) bond motifs is 2. The van der Waals surface area contributed by atoms with E-state index in [0.717, 1.165) is 54.5 Å². The van der Waals surface area contributed by atoms with Crippen LogP contribution in [-0.4, -0.2) is 54.8 Å². The van der Waals surface area contributed by atoms with E-state index in [1.165, 1.54) is 0 Å². The van der Waals surface area contributed by atoms with Gasteiger partial charge in [-0.05, 0) is 60.6 Å². The molecule has 1 saturated heterocycles. The molecule has 0 bridgehead atoms. The van der Waals surface area contributed by atoms with Gasteiger partial charge in [0.25, 0.3) is 5.91 Å². The Labute approximate surface area is 222 Å². The number of nitrogens with zero attached hydrogens (tertiary/aromatic N) is 3. The number of para-hydroxylation sites is 1. The number of amides is 1. The summed E-state index contributed by atoms with van der Waals surface area (Å²) >= 11 is 0. The lowest BCUT2D eigenvalue weighted by Gasteiger charge is -2.34. The van der Waals surface area contributed by atoms with Gasteiger partial charge in [0.1, 0.15) is 17.3 Å². The van der Waals surface area contributed by atoms with E-state index in [0.29, 0.717) is 28.4 Å². The van der Waals surface area contributed by atoms with E-state index < -0.39 is 0 Å². The standard InChI is InChI=1S/C31H29N5O2/c1-35-15-17-36(18-16-35)30-24-9-5-6-10-28(24)38-29-14-12-23(20-27(29)33-30)31(37)34-26-19-22(11-13-25(26)32)21-7-3-2-4-8-21/h2-14,19-20H,15-18,32H2,1H3,(H,34,37). The molecule has 4 aromatic carbocycles. The molecule has 7 nitrogen and oxygen atoms in total. The summed E-state index contributed by atoms with van der Waals surface area (Å²) < 4.78 is 6.28. The number of benzene rings is 4. The highest BCUT2D eigenvalue weighted by atomic mass is 16.5. The largest absolute Gasteiger partial charge is 0.454 e. The van der Waals surface area contributed by atoms with Crippen molar-refractivity contribution in [2.45, 2.75) is 0 Å². The number of likely N-dealkylation sites (N-methyl/N-ethyl adjacent to an activating group) is 1. The summed E-state index contributed by atoms with van der Waals surface area (Å²) in [6.45, 7) is 3.66. The van der Waals surface area contributed by atoms with Crippen LogP contribution in [0, 0.1) is 0 Å². The fourth-order valence-corrected chi connectivity index (χ4v) is 4.79. The highest BCUT2D eigenvalue weighted by Gasteiger charge is 2.25. The molecule has 0 unspecified atom stereocenters. The first-order valence-corrected chi connectivity index (χ1v) is 12.7. The van der Waals surface area contributed by atoms with Crippen molar-refractivity contribution >= 4 is 28.8 Å². The van der Waals surface area contributed by atoms with Gasteiger partial charge in [0.2, 0.25) is 0 Å². The number of carbonyl (C=O) groups excluding carboxylic acids is 1. The average molecular weight is 504 g/mol. The maximum Gasteiger partial charge on any atom is 0.255 e. The minimum atomic E-state index is -0.261. The van der Waals surface area contributed by atoms with E-state index in [-0.39, 0.29) is 5.91 Å². The van der Waals surface area contributed by atoms with Crippen LogP contribution in [0.3, 0.4) is 0 Å². The summed E-state index contributed by atoms with van der Waals surface area (Å²) in [4.78, 5) is 23.0. The van der Waals surface area contributed by atoms with E-state index in [1.54, 1.807) is 18.2 Å². The molecule has 1 amide bonds. The van der Waals surface area contributed by atoms with Crippen LogP contribution in [0.5, 0.6) is 11.5 Å². The molecule has 38 heavy (non-hydrogen) atoms. The third-order valence-corrected chi connectivity index (χ3v) is 7.01. The third-order valence-electron chi connectivity index (χ3n) is 7.01. The number of nitrogens with one attached hydrogen (secondary N) is 1. The molecule has 0 spiro atoms. The van der Waals surface area contributed by atoms with Gasteiger partial charge in [0.15, 0.2) is 5.75 Å². The number of carbonyl (C=O) groups is 1. The van der Waals surface area contributed by atoms with Crippen LogP contribution in [0.2, 0.25) is 0 Å². The Kier molecular flexibility index (Phi) is 6.27. The zero-order chi connectivity index (χ0) is 26.1. The number of nitrogen functional groups attached to an aromatic ring is 1. The second-order valence-electron chi connectivity index (χ2n) is 9.63. The molecule has 1 fully saturated rings. The molecule has 4 aromatic rings. The van der Waals surface area contributed by atoms with E-state index in [2.05, 4.69) is 22.2 Å². The molecule has 0 aromatic heterocycles. The van der Waals surface area contributed by atoms with E-state index in [4.69, 9.17) is 15.5 Å². The normalized spacial score (nSPS) is 15.0. The van der Waals surface area contributed by atoms with Crippen molar-refractivity contribution in [2.75, 3.05) is 44.3 Å². The summed E-state index contributed by atoms with van der Waals surface area (Å²) in [7, 11) is 2.13. The molecule has 2 aliphatic rings. The SMILES string of the molecule is CN1CCN(C2=Nc3cc(C(=O)Nc4cc(-c5ccccc5)ccc4N)ccc3Oc3ccccc32)CC1. The number of nitrogens with two attached hydrogens (primary N) is 1. The molecule has 0 atom stereocenters. The topological polar surface area (TPSA) is 83.2 Å². The molecule has 0 radical (unpaired) electrons. The van der Waals surface area contributed by atoms with Crippen molar-refractivity contribution in [1.29, 1.82) is 0 Å². The second kappa shape index (κ2) is 10.0. The maximum atomic E-state index is 13.4. The van der Waals surface area contributed by atoms with Crippen molar-refractivity contribution in [3.05, 3.63) is 102 Å². The fourth-order valence-electron chi connectivity index (χ4n) is 4.79. The number of hydrogen-bond donors (Lipinski definition) is 2. The first kappa shape index (κ1) is 23.8. The number of piperazine rings is 1. The van der Waals surface area contributed by atoms with Crippen LogP contribution in [0.25, 0.3) is 11.1 Å². The average Bonchev–Trinajstić information content (AvgIpc) is 3.11. The number of ether oxygens (including phenoxy) is 1. The lowest BCUT2D eigenvalue weighted by Crippen LogP contribution is -2.47. The molecule has 3 N–H and O–H groups in total. The molecule has 2 heterocycles. The van der Waals surface area contributed by atoms with Gasteiger partial charge in [-0.15, -0.1) is 0 Å². The number of hydrogen-bond acceptors (Lipinski definition) is 6. The summed E-state index contributed by atoms with van der Waals surface area (Å²) in [5.41, 5.74) is 11.4. The number of aliphatic imine (C=N–C) groups is 1. The predicted octanol–water partition coefficient (Wildman–Crippen LogP) is 5.62. The van der Waals surface area contributed by atoms with E-state index >= 15 is 0 Å². The molecule has 6 rings (SSSR count). The second-order valence-corrected chi connectivity index (χ2v) is 9.63. The van der Waals surface area contributed by atoms with Crippen LogP contribution in [-0.2, 0) is 0 Å². The maximum absolute atomic E-state index is 13.4. The minimum Gasteiger partial charge on any atom is -0.454 e. The Morgan fingerprint density at radius 1 is 0.842 bits per heavy atom. The van der Waals surface area contributed by atoms with Crippen molar-refractivity contribution < 1.29 is 9.53 Å². The Hall–Kier alpha value is -4.62. The summed E-state index contributed by atoms with van der Waals surface area (Å²) in [5, 5.41) is 2.99. The van der Waals surface area contributed by atoms with E-state index in [9.17, 15) is 4.79 Å². The Balaban J connectivity index is 1.32. The molecule has 190 valence electrons. The molecular weight excluding hydrogens is 474 g/mol.